The second-order valence-corrected chi connectivity index (χ2v) is 3.92. The van der Waals surface area contributed by atoms with E-state index in [1.165, 1.54) is 0 Å². The predicted molar refractivity (Wildman–Crippen MR) is 70.0 cm³/mol. The standard InChI is InChI=1S/C14H22O4/c1-4-6-10-18-14(16)12(3)9-7-8-11-17-13(15)5-2/h5H,2-4,6-11H2,1H3. The molecular formula is C14H22O4. The molecule has 0 aliphatic carbocycles. The van der Waals surface area contributed by atoms with E-state index in [1.807, 2.05) is 6.92 Å². The SMILES string of the molecule is C=CC(=O)OCCCCC(=C)C(=O)OCCCC. The lowest BCUT2D eigenvalue weighted by atomic mass is 10.1. The summed E-state index contributed by atoms with van der Waals surface area (Å²) in [4.78, 5) is 22.1. The van der Waals surface area contributed by atoms with Gasteiger partial charge in [0.15, 0.2) is 0 Å². The summed E-state index contributed by atoms with van der Waals surface area (Å²) < 4.78 is 9.83. The minimum atomic E-state index is -0.423. The van der Waals surface area contributed by atoms with E-state index in [4.69, 9.17) is 9.47 Å². The zero-order chi connectivity index (χ0) is 13.8. The van der Waals surface area contributed by atoms with Crippen molar-refractivity contribution in [1.82, 2.24) is 0 Å². The Morgan fingerprint density at radius 1 is 1.11 bits per heavy atom. The van der Waals surface area contributed by atoms with Crippen LogP contribution in [-0.2, 0) is 19.1 Å². The van der Waals surface area contributed by atoms with E-state index in [-0.39, 0.29) is 5.97 Å². The maximum absolute atomic E-state index is 11.4. The van der Waals surface area contributed by atoms with Crippen LogP contribution in [0.5, 0.6) is 0 Å². The molecule has 0 aliphatic heterocycles. The van der Waals surface area contributed by atoms with E-state index >= 15 is 0 Å². The van der Waals surface area contributed by atoms with Crippen LogP contribution in [0.4, 0.5) is 0 Å². The lowest BCUT2D eigenvalue weighted by Gasteiger charge is -2.06. The van der Waals surface area contributed by atoms with Crippen LogP contribution >= 0.6 is 0 Å². The molecule has 0 unspecified atom stereocenters. The fourth-order valence-corrected chi connectivity index (χ4v) is 1.19. The number of unbranched alkanes of at least 4 members (excludes halogenated alkanes) is 2. The Morgan fingerprint density at radius 3 is 2.39 bits per heavy atom. The first kappa shape index (κ1) is 16.4. The van der Waals surface area contributed by atoms with E-state index in [0.717, 1.165) is 25.3 Å². The van der Waals surface area contributed by atoms with Crippen molar-refractivity contribution >= 4 is 11.9 Å². The Balaban J connectivity index is 3.54. The molecule has 0 aliphatic rings. The Kier molecular flexibility index (Phi) is 9.64. The Labute approximate surface area is 109 Å². The molecule has 4 nitrogen and oxygen atoms in total. The van der Waals surface area contributed by atoms with Gasteiger partial charge < -0.3 is 9.47 Å². The first-order valence-corrected chi connectivity index (χ1v) is 6.25. The number of hydrogen-bond acceptors (Lipinski definition) is 4. The van der Waals surface area contributed by atoms with Crippen molar-refractivity contribution in [2.75, 3.05) is 13.2 Å². The fourth-order valence-electron chi connectivity index (χ4n) is 1.19. The molecule has 0 aromatic heterocycles. The van der Waals surface area contributed by atoms with Gasteiger partial charge in [-0.1, -0.05) is 26.5 Å². The number of carbonyl (C=O) groups excluding carboxylic acids is 2. The van der Waals surface area contributed by atoms with Crippen molar-refractivity contribution in [3.8, 4) is 0 Å². The highest BCUT2D eigenvalue weighted by atomic mass is 16.5. The number of rotatable bonds is 10. The van der Waals surface area contributed by atoms with E-state index < -0.39 is 5.97 Å². The summed E-state index contributed by atoms with van der Waals surface area (Å²) in [6.45, 7) is 9.80. The summed E-state index contributed by atoms with van der Waals surface area (Å²) in [5.74, 6) is -0.751. The lowest BCUT2D eigenvalue weighted by Crippen LogP contribution is -2.08. The van der Waals surface area contributed by atoms with Gasteiger partial charge in [0.05, 0.1) is 13.2 Å². The van der Waals surface area contributed by atoms with Gasteiger partial charge in [-0.3, -0.25) is 0 Å². The highest BCUT2D eigenvalue weighted by molar-refractivity contribution is 5.87. The number of esters is 2. The molecule has 0 amide bonds. The van der Waals surface area contributed by atoms with Gasteiger partial charge in [0.2, 0.25) is 0 Å². The average Bonchev–Trinajstić information content (AvgIpc) is 2.37. The first-order valence-electron chi connectivity index (χ1n) is 6.25. The molecule has 0 atom stereocenters. The molecule has 0 fully saturated rings. The molecule has 4 heteroatoms. The summed E-state index contributed by atoms with van der Waals surface area (Å²) in [5.41, 5.74) is 0.473. The topological polar surface area (TPSA) is 52.6 Å². The van der Waals surface area contributed by atoms with Crippen molar-refractivity contribution in [2.45, 2.75) is 39.0 Å². The molecule has 0 N–H and O–H groups in total. The van der Waals surface area contributed by atoms with Gasteiger partial charge in [0, 0.05) is 11.6 Å². The normalized spacial score (nSPS) is 9.61. The molecule has 0 radical (unpaired) electrons. The minimum Gasteiger partial charge on any atom is -0.463 e. The maximum Gasteiger partial charge on any atom is 0.333 e. The van der Waals surface area contributed by atoms with Crippen LogP contribution in [0.2, 0.25) is 0 Å². The number of carbonyl (C=O) groups is 2. The highest BCUT2D eigenvalue weighted by Gasteiger charge is 2.07. The molecule has 0 bridgehead atoms. The van der Waals surface area contributed by atoms with Crippen LogP contribution in [0.25, 0.3) is 0 Å². The second kappa shape index (κ2) is 10.6. The zero-order valence-electron chi connectivity index (χ0n) is 11.1. The van der Waals surface area contributed by atoms with Crippen LogP contribution < -0.4 is 0 Å². The van der Waals surface area contributed by atoms with E-state index in [2.05, 4.69) is 13.2 Å². The van der Waals surface area contributed by atoms with Crippen LogP contribution in [0.15, 0.2) is 24.8 Å². The van der Waals surface area contributed by atoms with Gasteiger partial charge in [-0.05, 0) is 25.7 Å². The van der Waals surface area contributed by atoms with E-state index in [0.29, 0.717) is 31.6 Å². The summed E-state index contributed by atoms with van der Waals surface area (Å²) in [6.07, 6.45) is 5.00. The molecule has 0 aromatic rings. The summed E-state index contributed by atoms with van der Waals surface area (Å²) in [7, 11) is 0. The highest BCUT2D eigenvalue weighted by Crippen LogP contribution is 2.08. The van der Waals surface area contributed by atoms with Crippen LogP contribution in [0, 0.1) is 0 Å². The summed E-state index contributed by atoms with van der Waals surface area (Å²) >= 11 is 0. The first-order chi connectivity index (χ1) is 8.61. The van der Waals surface area contributed by atoms with Gasteiger partial charge in [-0.2, -0.15) is 0 Å². The van der Waals surface area contributed by atoms with Crippen LogP contribution in [0.3, 0.4) is 0 Å². The Hall–Kier alpha value is -1.58. The summed E-state index contributed by atoms with van der Waals surface area (Å²) in [5, 5.41) is 0. The van der Waals surface area contributed by atoms with Crippen molar-refractivity contribution in [1.29, 1.82) is 0 Å². The molecular weight excluding hydrogens is 232 g/mol. The Bertz CT molecular complexity index is 294. The minimum absolute atomic E-state index is 0.327. The van der Waals surface area contributed by atoms with Gasteiger partial charge in [-0.25, -0.2) is 9.59 Å². The van der Waals surface area contributed by atoms with E-state index in [9.17, 15) is 9.59 Å². The van der Waals surface area contributed by atoms with Gasteiger partial charge >= 0.3 is 11.9 Å². The van der Waals surface area contributed by atoms with Crippen LogP contribution in [0.1, 0.15) is 39.0 Å². The molecule has 0 saturated heterocycles. The smallest absolute Gasteiger partial charge is 0.333 e. The van der Waals surface area contributed by atoms with Crippen molar-refractivity contribution in [2.24, 2.45) is 0 Å². The average molecular weight is 254 g/mol. The molecule has 0 rings (SSSR count). The van der Waals surface area contributed by atoms with Crippen molar-refractivity contribution in [3.63, 3.8) is 0 Å². The quantitative estimate of drug-likeness (QED) is 0.342. The third kappa shape index (κ3) is 8.56. The second-order valence-electron chi connectivity index (χ2n) is 3.92. The zero-order valence-corrected chi connectivity index (χ0v) is 11.1. The van der Waals surface area contributed by atoms with E-state index in [1.54, 1.807) is 0 Å². The molecule has 102 valence electrons. The molecule has 0 saturated carbocycles. The largest absolute Gasteiger partial charge is 0.463 e. The van der Waals surface area contributed by atoms with Gasteiger partial charge in [0.25, 0.3) is 0 Å². The third-order valence-electron chi connectivity index (χ3n) is 2.30. The summed E-state index contributed by atoms with van der Waals surface area (Å²) in [6, 6.07) is 0. The third-order valence-corrected chi connectivity index (χ3v) is 2.30. The van der Waals surface area contributed by atoms with Gasteiger partial charge in [0.1, 0.15) is 0 Å². The van der Waals surface area contributed by atoms with Gasteiger partial charge in [-0.15, -0.1) is 0 Å². The van der Waals surface area contributed by atoms with Crippen molar-refractivity contribution in [3.05, 3.63) is 24.8 Å². The molecule has 0 spiro atoms. The molecule has 0 aromatic carbocycles. The fraction of sp³-hybridized carbons (Fsp3) is 0.571. The maximum atomic E-state index is 11.4. The monoisotopic (exact) mass is 254 g/mol. The predicted octanol–water partition coefficient (Wildman–Crippen LogP) is 2.79. The van der Waals surface area contributed by atoms with Crippen LogP contribution in [-0.4, -0.2) is 25.2 Å². The molecule has 18 heavy (non-hydrogen) atoms. The molecule has 0 heterocycles. The Morgan fingerprint density at radius 2 is 1.78 bits per heavy atom. The number of hydrogen-bond donors (Lipinski definition) is 0. The lowest BCUT2D eigenvalue weighted by molar-refractivity contribution is -0.140. The van der Waals surface area contributed by atoms with Crippen molar-refractivity contribution < 1.29 is 19.1 Å². The number of ether oxygens (including phenoxy) is 2.